The average molecular weight is 325 g/mol. The lowest BCUT2D eigenvalue weighted by atomic mass is 9.97. The molecule has 0 unspecified atom stereocenters. The molecular weight excluding hydrogens is 304 g/mol. The molecule has 2 N–H and O–H groups in total. The van der Waals surface area contributed by atoms with Crippen molar-refractivity contribution in [2.75, 3.05) is 12.4 Å². The van der Waals surface area contributed by atoms with Crippen molar-refractivity contribution in [1.82, 2.24) is 5.32 Å². The van der Waals surface area contributed by atoms with Gasteiger partial charge in [0.15, 0.2) is 0 Å². The van der Waals surface area contributed by atoms with Crippen LogP contribution in [0, 0.1) is 5.92 Å². The number of hydrogen-bond donors (Lipinski definition) is 2. The zero-order valence-corrected chi connectivity index (χ0v) is 13.6. The van der Waals surface area contributed by atoms with Gasteiger partial charge in [-0.2, -0.15) is 0 Å². The molecule has 0 bridgehead atoms. The summed E-state index contributed by atoms with van der Waals surface area (Å²) in [6, 6.07) is 4.50. The summed E-state index contributed by atoms with van der Waals surface area (Å²) in [6.45, 7) is 1.43. The molecule has 0 spiro atoms. The van der Waals surface area contributed by atoms with Crippen LogP contribution in [0.15, 0.2) is 18.2 Å². The van der Waals surface area contributed by atoms with E-state index in [2.05, 4.69) is 10.6 Å². The van der Waals surface area contributed by atoms with Crippen LogP contribution in [-0.2, 0) is 9.59 Å². The minimum absolute atomic E-state index is 0.175. The highest BCUT2D eigenvalue weighted by molar-refractivity contribution is 6.31. The summed E-state index contributed by atoms with van der Waals surface area (Å²) in [5.41, 5.74) is 0.508. The third-order valence-corrected chi connectivity index (χ3v) is 4.17. The zero-order valence-electron chi connectivity index (χ0n) is 12.8. The first kappa shape index (κ1) is 16.6. The molecule has 0 heterocycles. The number of methoxy groups -OCH3 is 1. The van der Waals surface area contributed by atoms with Gasteiger partial charge in [-0.25, -0.2) is 0 Å². The first-order valence-electron chi connectivity index (χ1n) is 7.42. The minimum Gasteiger partial charge on any atom is -0.495 e. The number of amides is 2. The molecule has 1 saturated carbocycles. The fourth-order valence-electron chi connectivity index (χ4n) is 2.90. The van der Waals surface area contributed by atoms with E-state index in [9.17, 15) is 9.59 Å². The minimum atomic E-state index is -0.524. The lowest BCUT2D eigenvalue weighted by Crippen LogP contribution is -2.47. The Balaban J connectivity index is 2.16. The van der Waals surface area contributed by atoms with Gasteiger partial charge in [0.2, 0.25) is 11.8 Å². The van der Waals surface area contributed by atoms with Crippen molar-refractivity contribution < 1.29 is 14.3 Å². The topological polar surface area (TPSA) is 67.4 Å². The number of carbonyl (C=O) groups is 2. The van der Waals surface area contributed by atoms with Gasteiger partial charge in [0, 0.05) is 11.9 Å². The highest BCUT2D eigenvalue weighted by Gasteiger charge is 2.31. The van der Waals surface area contributed by atoms with Gasteiger partial charge < -0.3 is 15.4 Å². The fraction of sp³-hybridized carbons (Fsp3) is 0.500. The number of halogens is 1. The van der Waals surface area contributed by atoms with Crippen LogP contribution in [0.3, 0.4) is 0 Å². The van der Waals surface area contributed by atoms with E-state index in [1.54, 1.807) is 18.2 Å². The summed E-state index contributed by atoms with van der Waals surface area (Å²) in [5.74, 6) is 0.271. The Morgan fingerprint density at radius 3 is 2.59 bits per heavy atom. The number of benzene rings is 1. The third kappa shape index (κ3) is 4.13. The largest absolute Gasteiger partial charge is 0.495 e. The molecule has 5 nitrogen and oxygen atoms in total. The maximum absolute atomic E-state index is 12.6. The highest BCUT2D eigenvalue weighted by Crippen LogP contribution is 2.31. The Morgan fingerprint density at radius 1 is 1.32 bits per heavy atom. The van der Waals surface area contributed by atoms with Crippen LogP contribution < -0.4 is 15.4 Å². The van der Waals surface area contributed by atoms with Gasteiger partial charge in [-0.1, -0.05) is 24.4 Å². The van der Waals surface area contributed by atoms with Gasteiger partial charge in [-0.15, -0.1) is 0 Å². The Bertz CT molecular complexity index is 556. The first-order valence-corrected chi connectivity index (χ1v) is 7.80. The number of nitrogens with one attached hydrogen (secondary N) is 2. The summed E-state index contributed by atoms with van der Waals surface area (Å²) in [7, 11) is 1.53. The van der Waals surface area contributed by atoms with Crippen LogP contribution in [0.4, 0.5) is 5.69 Å². The summed E-state index contributed by atoms with van der Waals surface area (Å²) >= 11 is 5.97. The summed E-state index contributed by atoms with van der Waals surface area (Å²) < 4.78 is 5.23. The van der Waals surface area contributed by atoms with Crippen molar-refractivity contribution in [3.05, 3.63) is 23.2 Å². The molecule has 0 aliphatic heterocycles. The molecular formula is C16H21ClN2O3. The SMILES string of the molecule is COc1ccc(Cl)cc1NC(=O)[C@@H](NC(C)=O)C1CCCC1. The molecule has 0 saturated heterocycles. The van der Waals surface area contributed by atoms with E-state index in [0.717, 1.165) is 25.7 Å². The van der Waals surface area contributed by atoms with Crippen LogP contribution >= 0.6 is 11.6 Å². The number of anilines is 1. The molecule has 1 aromatic carbocycles. The summed E-state index contributed by atoms with van der Waals surface area (Å²) in [5, 5.41) is 6.10. The number of hydrogen-bond acceptors (Lipinski definition) is 3. The molecule has 2 amide bonds. The van der Waals surface area contributed by atoms with Crippen LogP contribution in [0.1, 0.15) is 32.6 Å². The van der Waals surface area contributed by atoms with Gasteiger partial charge in [0.05, 0.1) is 12.8 Å². The van der Waals surface area contributed by atoms with Crippen molar-refractivity contribution in [3.63, 3.8) is 0 Å². The van der Waals surface area contributed by atoms with E-state index in [1.165, 1.54) is 14.0 Å². The lowest BCUT2D eigenvalue weighted by molar-refractivity contribution is -0.126. The van der Waals surface area contributed by atoms with Crippen molar-refractivity contribution in [3.8, 4) is 5.75 Å². The molecule has 1 atom stereocenters. The maximum Gasteiger partial charge on any atom is 0.247 e. The van der Waals surface area contributed by atoms with E-state index < -0.39 is 6.04 Å². The Hall–Kier alpha value is -1.75. The van der Waals surface area contributed by atoms with E-state index in [1.807, 2.05) is 0 Å². The molecule has 2 rings (SSSR count). The second-order valence-electron chi connectivity index (χ2n) is 5.56. The first-order chi connectivity index (χ1) is 10.5. The maximum atomic E-state index is 12.6. The van der Waals surface area contributed by atoms with Crippen molar-refractivity contribution in [1.29, 1.82) is 0 Å². The smallest absolute Gasteiger partial charge is 0.247 e. The second-order valence-corrected chi connectivity index (χ2v) is 5.99. The molecule has 6 heteroatoms. The summed E-state index contributed by atoms with van der Waals surface area (Å²) in [6.07, 6.45) is 4.08. The van der Waals surface area contributed by atoms with Gasteiger partial charge in [-0.3, -0.25) is 9.59 Å². The zero-order chi connectivity index (χ0) is 16.1. The Morgan fingerprint density at radius 2 is 2.00 bits per heavy atom. The van der Waals surface area contributed by atoms with Crippen LogP contribution in [-0.4, -0.2) is 25.0 Å². The van der Waals surface area contributed by atoms with Gasteiger partial charge in [0.25, 0.3) is 0 Å². The van der Waals surface area contributed by atoms with Crippen LogP contribution in [0.2, 0.25) is 5.02 Å². The predicted octanol–water partition coefficient (Wildman–Crippen LogP) is 2.98. The average Bonchev–Trinajstić information content (AvgIpc) is 2.98. The van der Waals surface area contributed by atoms with Crippen LogP contribution in [0.5, 0.6) is 5.75 Å². The molecule has 120 valence electrons. The van der Waals surface area contributed by atoms with Crippen molar-refractivity contribution in [2.24, 2.45) is 5.92 Å². The summed E-state index contributed by atoms with van der Waals surface area (Å²) in [4.78, 5) is 24.0. The number of rotatable bonds is 5. The fourth-order valence-corrected chi connectivity index (χ4v) is 3.07. The van der Waals surface area contributed by atoms with Crippen LogP contribution in [0.25, 0.3) is 0 Å². The van der Waals surface area contributed by atoms with E-state index in [4.69, 9.17) is 16.3 Å². The molecule has 1 aliphatic carbocycles. The Kier molecular flexibility index (Phi) is 5.66. The number of ether oxygens (including phenoxy) is 1. The molecule has 1 aromatic rings. The lowest BCUT2D eigenvalue weighted by Gasteiger charge is -2.23. The van der Waals surface area contributed by atoms with Crippen molar-refractivity contribution in [2.45, 2.75) is 38.6 Å². The van der Waals surface area contributed by atoms with E-state index in [0.29, 0.717) is 16.5 Å². The molecule has 0 aromatic heterocycles. The molecule has 22 heavy (non-hydrogen) atoms. The third-order valence-electron chi connectivity index (χ3n) is 3.93. The van der Waals surface area contributed by atoms with Gasteiger partial charge in [0.1, 0.15) is 11.8 Å². The van der Waals surface area contributed by atoms with E-state index in [-0.39, 0.29) is 17.7 Å². The second kappa shape index (κ2) is 7.49. The van der Waals surface area contributed by atoms with Gasteiger partial charge >= 0.3 is 0 Å². The molecule has 0 radical (unpaired) electrons. The van der Waals surface area contributed by atoms with Crippen molar-refractivity contribution >= 4 is 29.1 Å². The van der Waals surface area contributed by atoms with Gasteiger partial charge in [-0.05, 0) is 37.0 Å². The Labute approximate surface area is 135 Å². The molecule has 1 aliphatic rings. The van der Waals surface area contributed by atoms with E-state index >= 15 is 0 Å². The molecule has 1 fully saturated rings. The number of carbonyl (C=O) groups excluding carboxylic acids is 2. The highest BCUT2D eigenvalue weighted by atomic mass is 35.5. The normalized spacial score (nSPS) is 16.1. The quantitative estimate of drug-likeness (QED) is 0.875. The predicted molar refractivity (Wildman–Crippen MR) is 86.2 cm³/mol. The standard InChI is InChI=1S/C16H21ClN2O3/c1-10(20)18-15(11-5-3-4-6-11)16(21)19-13-9-12(17)7-8-14(13)22-2/h7-9,11,15H,3-6H2,1-2H3,(H,18,20)(H,19,21)/t15-/m0/s1. The monoisotopic (exact) mass is 324 g/mol.